The predicted octanol–water partition coefficient (Wildman–Crippen LogP) is 0.443. The van der Waals surface area contributed by atoms with Crippen LogP contribution in [0.1, 0.15) is 20.8 Å². The van der Waals surface area contributed by atoms with Gasteiger partial charge in [0, 0.05) is 25.7 Å². The lowest BCUT2D eigenvalue weighted by atomic mass is 10.2. The number of morpholine rings is 1. The van der Waals surface area contributed by atoms with Crippen molar-refractivity contribution in [3.8, 4) is 0 Å². The second kappa shape index (κ2) is 4.21. The molecular weight excluding hydrogens is 152 g/mol. The Morgan fingerprint density at radius 2 is 1.92 bits per heavy atom. The molecular formula is C9H20N2O. The van der Waals surface area contributed by atoms with Crippen LogP contribution in [0.5, 0.6) is 0 Å². The molecule has 1 aliphatic rings. The summed E-state index contributed by atoms with van der Waals surface area (Å²) in [5, 5.41) is 0. The lowest BCUT2D eigenvalue weighted by Gasteiger charge is -2.38. The second-order valence-corrected chi connectivity index (χ2v) is 3.80. The minimum Gasteiger partial charge on any atom is -0.373 e. The van der Waals surface area contributed by atoms with Crippen LogP contribution in [0, 0.1) is 0 Å². The van der Waals surface area contributed by atoms with Gasteiger partial charge in [0.2, 0.25) is 0 Å². The SMILES string of the molecule is C[C@H]1CN([C@@H](C)CN)C[C@H](C)O1. The van der Waals surface area contributed by atoms with Crippen molar-refractivity contribution in [1.82, 2.24) is 4.90 Å². The van der Waals surface area contributed by atoms with E-state index in [0.717, 1.165) is 19.6 Å². The maximum Gasteiger partial charge on any atom is 0.0678 e. The molecule has 1 rings (SSSR count). The van der Waals surface area contributed by atoms with Crippen LogP contribution < -0.4 is 5.73 Å². The van der Waals surface area contributed by atoms with Crippen LogP contribution in [-0.2, 0) is 4.74 Å². The van der Waals surface area contributed by atoms with Gasteiger partial charge in [0.15, 0.2) is 0 Å². The minimum atomic E-state index is 0.350. The summed E-state index contributed by atoms with van der Waals surface area (Å²) in [7, 11) is 0. The van der Waals surface area contributed by atoms with Gasteiger partial charge in [0.25, 0.3) is 0 Å². The molecule has 0 spiro atoms. The molecule has 72 valence electrons. The molecule has 3 nitrogen and oxygen atoms in total. The lowest BCUT2D eigenvalue weighted by Crippen LogP contribution is -2.51. The zero-order valence-corrected chi connectivity index (χ0v) is 8.29. The predicted molar refractivity (Wildman–Crippen MR) is 50.1 cm³/mol. The molecule has 0 radical (unpaired) electrons. The van der Waals surface area contributed by atoms with Gasteiger partial charge >= 0.3 is 0 Å². The van der Waals surface area contributed by atoms with Crippen molar-refractivity contribution in [2.45, 2.75) is 39.0 Å². The van der Waals surface area contributed by atoms with E-state index in [9.17, 15) is 0 Å². The number of hydrogen-bond donors (Lipinski definition) is 1. The zero-order valence-electron chi connectivity index (χ0n) is 8.29. The Kier molecular flexibility index (Phi) is 3.50. The number of rotatable bonds is 2. The highest BCUT2D eigenvalue weighted by atomic mass is 16.5. The summed E-state index contributed by atoms with van der Waals surface area (Å²) in [5.74, 6) is 0. The van der Waals surface area contributed by atoms with Gasteiger partial charge in [-0.05, 0) is 20.8 Å². The molecule has 0 saturated carbocycles. The molecule has 0 aromatic rings. The van der Waals surface area contributed by atoms with Gasteiger partial charge in [-0.2, -0.15) is 0 Å². The first-order valence-electron chi connectivity index (χ1n) is 4.73. The van der Waals surface area contributed by atoms with E-state index < -0.39 is 0 Å². The average molecular weight is 172 g/mol. The Bertz CT molecular complexity index is 130. The van der Waals surface area contributed by atoms with Crippen molar-refractivity contribution in [2.24, 2.45) is 5.73 Å². The third-order valence-corrected chi connectivity index (χ3v) is 2.41. The summed E-state index contributed by atoms with van der Waals surface area (Å²) in [4.78, 5) is 2.40. The molecule has 1 fully saturated rings. The van der Waals surface area contributed by atoms with Gasteiger partial charge in [-0.3, -0.25) is 4.90 Å². The summed E-state index contributed by atoms with van der Waals surface area (Å²) in [6.45, 7) is 9.17. The molecule has 0 aromatic carbocycles. The van der Waals surface area contributed by atoms with Crippen LogP contribution in [0.2, 0.25) is 0 Å². The number of nitrogens with zero attached hydrogens (tertiary/aromatic N) is 1. The molecule has 0 aromatic heterocycles. The highest BCUT2D eigenvalue weighted by molar-refractivity contribution is 4.77. The molecule has 2 N–H and O–H groups in total. The fourth-order valence-corrected chi connectivity index (χ4v) is 1.73. The first kappa shape index (κ1) is 9.96. The molecule has 12 heavy (non-hydrogen) atoms. The first-order valence-corrected chi connectivity index (χ1v) is 4.73. The summed E-state index contributed by atoms with van der Waals surface area (Å²) >= 11 is 0. The van der Waals surface area contributed by atoms with E-state index in [1.165, 1.54) is 0 Å². The highest BCUT2D eigenvalue weighted by Crippen LogP contribution is 2.12. The largest absolute Gasteiger partial charge is 0.373 e. The Balaban J connectivity index is 2.43. The van der Waals surface area contributed by atoms with Crippen molar-refractivity contribution in [2.75, 3.05) is 19.6 Å². The average Bonchev–Trinajstić information content (AvgIpc) is 2.01. The van der Waals surface area contributed by atoms with Crippen molar-refractivity contribution in [1.29, 1.82) is 0 Å². The van der Waals surface area contributed by atoms with Crippen LogP contribution in [0.15, 0.2) is 0 Å². The number of nitrogens with two attached hydrogens (primary N) is 1. The summed E-state index contributed by atoms with van der Waals surface area (Å²) in [5.41, 5.74) is 5.61. The molecule has 1 heterocycles. The topological polar surface area (TPSA) is 38.5 Å². The van der Waals surface area contributed by atoms with Crippen LogP contribution in [0.3, 0.4) is 0 Å². The molecule has 0 bridgehead atoms. The van der Waals surface area contributed by atoms with Crippen molar-refractivity contribution >= 4 is 0 Å². The molecule has 1 aliphatic heterocycles. The number of ether oxygens (including phenoxy) is 1. The lowest BCUT2D eigenvalue weighted by molar-refractivity contribution is -0.0773. The van der Waals surface area contributed by atoms with E-state index in [1.807, 2.05) is 0 Å². The first-order chi connectivity index (χ1) is 5.63. The van der Waals surface area contributed by atoms with Crippen molar-refractivity contribution < 1.29 is 4.74 Å². The third kappa shape index (κ3) is 2.44. The Hall–Kier alpha value is -0.120. The molecule has 1 saturated heterocycles. The van der Waals surface area contributed by atoms with E-state index >= 15 is 0 Å². The fraction of sp³-hybridized carbons (Fsp3) is 1.00. The van der Waals surface area contributed by atoms with Gasteiger partial charge < -0.3 is 10.5 Å². The van der Waals surface area contributed by atoms with Gasteiger partial charge in [-0.1, -0.05) is 0 Å². The van der Waals surface area contributed by atoms with E-state index in [2.05, 4.69) is 25.7 Å². The summed E-state index contributed by atoms with van der Waals surface area (Å²) in [6, 6.07) is 0.485. The second-order valence-electron chi connectivity index (χ2n) is 3.80. The highest BCUT2D eigenvalue weighted by Gasteiger charge is 2.24. The molecule has 0 amide bonds. The Morgan fingerprint density at radius 3 is 2.33 bits per heavy atom. The smallest absolute Gasteiger partial charge is 0.0678 e. The monoisotopic (exact) mass is 172 g/mol. The molecule has 3 heteroatoms. The van der Waals surface area contributed by atoms with E-state index in [1.54, 1.807) is 0 Å². The summed E-state index contributed by atoms with van der Waals surface area (Å²) < 4.78 is 5.63. The zero-order chi connectivity index (χ0) is 9.14. The van der Waals surface area contributed by atoms with Crippen LogP contribution >= 0.6 is 0 Å². The summed E-state index contributed by atoms with van der Waals surface area (Å²) in [6.07, 6.45) is 0.700. The van der Waals surface area contributed by atoms with Gasteiger partial charge in [-0.25, -0.2) is 0 Å². The van der Waals surface area contributed by atoms with Gasteiger partial charge in [0.05, 0.1) is 12.2 Å². The standard InChI is InChI=1S/C9H20N2O/c1-7(4-10)11-5-8(2)12-9(3)6-11/h7-9H,4-6,10H2,1-3H3/t7-,8-,9-/m0/s1. The molecule has 0 aliphatic carbocycles. The maximum absolute atomic E-state index is 5.63. The maximum atomic E-state index is 5.63. The molecule has 3 atom stereocenters. The Labute approximate surface area is 74.9 Å². The van der Waals surface area contributed by atoms with Gasteiger partial charge in [0.1, 0.15) is 0 Å². The van der Waals surface area contributed by atoms with E-state index in [0.29, 0.717) is 18.2 Å². The van der Waals surface area contributed by atoms with Gasteiger partial charge in [-0.15, -0.1) is 0 Å². The molecule has 0 unspecified atom stereocenters. The minimum absolute atomic E-state index is 0.350. The van der Waals surface area contributed by atoms with Crippen LogP contribution in [0.4, 0.5) is 0 Å². The van der Waals surface area contributed by atoms with Crippen molar-refractivity contribution in [3.05, 3.63) is 0 Å². The van der Waals surface area contributed by atoms with E-state index in [-0.39, 0.29) is 0 Å². The fourth-order valence-electron chi connectivity index (χ4n) is 1.73. The third-order valence-electron chi connectivity index (χ3n) is 2.41. The van der Waals surface area contributed by atoms with Crippen LogP contribution in [-0.4, -0.2) is 42.8 Å². The van der Waals surface area contributed by atoms with E-state index in [4.69, 9.17) is 10.5 Å². The number of hydrogen-bond acceptors (Lipinski definition) is 3. The quantitative estimate of drug-likeness (QED) is 0.657. The Morgan fingerprint density at radius 1 is 1.42 bits per heavy atom. The van der Waals surface area contributed by atoms with Crippen molar-refractivity contribution in [3.63, 3.8) is 0 Å². The normalized spacial score (nSPS) is 35.0. The van der Waals surface area contributed by atoms with Crippen LogP contribution in [0.25, 0.3) is 0 Å².